The number of anilines is 1. The zero-order valence-electron chi connectivity index (χ0n) is 18.1. The molecule has 1 aromatic rings. The molecular weight excluding hydrogens is 384 g/mol. The van der Waals surface area contributed by atoms with E-state index in [1.165, 1.54) is 4.90 Å². The second-order valence-corrected chi connectivity index (χ2v) is 7.49. The van der Waals surface area contributed by atoms with Crippen molar-refractivity contribution in [3.05, 3.63) is 35.5 Å². The SMILES string of the molecule is CCOC(=O)C1=C(C[NH+]2CCN(c3ccccc3OCC)CC2)NC(=O)N[C@H]1CC. The Morgan fingerprint density at radius 2 is 1.90 bits per heavy atom. The highest BCUT2D eigenvalue weighted by Gasteiger charge is 2.34. The fraction of sp³-hybridized carbons (Fsp3) is 0.545. The third kappa shape index (κ3) is 5.05. The maximum Gasteiger partial charge on any atom is 0.338 e. The molecule has 8 nitrogen and oxygen atoms in total. The molecule has 0 unspecified atom stereocenters. The second kappa shape index (κ2) is 10.3. The lowest BCUT2D eigenvalue weighted by Gasteiger charge is -2.36. The molecule has 0 saturated carbocycles. The van der Waals surface area contributed by atoms with Gasteiger partial charge in [0.1, 0.15) is 12.3 Å². The molecule has 164 valence electrons. The summed E-state index contributed by atoms with van der Waals surface area (Å²) in [5.41, 5.74) is 2.35. The van der Waals surface area contributed by atoms with Crippen LogP contribution in [0.4, 0.5) is 10.5 Å². The summed E-state index contributed by atoms with van der Waals surface area (Å²) >= 11 is 0. The van der Waals surface area contributed by atoms with Gasteiger partial charge in [-0.05, 0) is 32.4 Å². The lowest BCUT2D eigenvalue weighted by Crippen LogP contribution is -3.15. The number of ether oxygens (including phenoxy) is 2. The van der Waals surface area contributed by atoms with E-state index in [2.05, 4.69) is 21.6 Å². The van der Waals surface area contributed by atoms with Gasteiger partial charge in [-0.15, -0.1) is 0 Å². The number of amides is 2. The molecule has 2 aliphatic rings. The quantitative estimate of drug-likeness (QED) is 0.543. The van der Waals surface area contributed by atoms with Crippen molar-refractivity contribution in [1.82, 2.24) is 10.6 Å². The molecule has 2 heterocycles. The van der Waals surface area contributed by atoms with Crippen LogP contribution >= 0.6 is 0 Å². The van der Waals surface area contributed by atoms with Crippen LogP contribution in [0, 0.1) is 0 Å². The molecule has 3 N–H and O–H groups in total. The summed E-state index contributed by atoms with van der Waals surface area (Å²) in [4.78, 5) is 28.3. The third-order valence-corrected chi connectivity index (χ3v) is 5.55. The van der Waals surface area contributed by atoms with Crippen molar-refractivity contribution in [1.29, 1.82) is 0 Å². The van der Waals surface area contributed by atoms with Gasteiger partial charge in [-0.3, -0.25) is 0 Å². The van der Waals surface area contributed by atoms with E-state index < -0.39 is 0 Å². The van der Waals surface area contributed by atoms with Crippen molar-refractivity contribution in [2.75, 3.05) is 50.8 Å². The number of benzene rings is 1. The molecule has 2 aliphatic heterocycles. The van der Waals surface area contributed by atoms with Gasteiger partial charge >= 0.3 is 12.0 Å². The van der Waals surface area contributed by atoms with Crippen molar-refractivity contribution < 1.29 is 24.0 Å². The Morgan fingerprint density at radius 1 is 1.17 bits per heavy atom. The van der Waals surface area contributed by atoms with Crippen LogP contribution < -0.4 is 25.2 Å². The van der Waals surface area contributed by atoms with Gasteiger partial charge in [-0.2, -0.15) is 0 Å². The number of hydrogen-bond donors (Lipinski definition) is 3. The van der Waals surface area contributed by atoms with Crippen molar-refractivity contribution in [3.63, 3.8) is 0 Å². The molecule has 0 spiro atoms. The molecule has 3 rings (SSSR count). The predicted molar refractivity (Wildman–Crippen MR) is 115 cm³/mol. The topological polar surface area (TPSA) is 84.3 Å². The van der Waals surface area contributed by atoms with Crippen molar-refractivity contribution in [2.45, 2.75) is 33.2 Å². The molecule has 8 heteroatoms. The number of esters is 1. The first-order valence-electron chi connectivity index (χ1n) is 10.8. The standard InChI is InChI=1S/C22H32N4O4/c1-4-16-20(21(27)30-6-3)17(24-22(28)23-16)15-25-11-13-26(14-12-25)18-9-7-8-10-19(18)29-5-2/h7-10,16H,4-6,11-15H2,1-3H3,(H2,23,24,28)/p+1/t16-/m0/s1. The van der Waals surface area contributed by atoms with Crippen LogP contribution in [0.5, 0.6) is 5.75 Å². The number of rotatable bonds is 8. The molecule has 1 atom stereocenters. The number of urea groups is 1. The molecule has 2 amide bonds. The Kier molecular flexibility index (Phi) is 7.57. The zero-order valence-corrected chi connectivity index (χ0v) is 18.1. The normalized spacial score (nSPS) is 19.9. The molecule has 0 aliphatic carbocycles. The molecule has 0 aromatic heterocycles. The number of nitrogens with zero attached hydrogens (tertiary/aromatic N) is 1. The Bertz CT molecular complexity index is 787. The minimum absolute atomic E-state index is 0.256. The van der Waals surface area contributed by atoms with Gasteiger partial charge in [0.05, 0.1) is 62.4 Å². The Morgan fingerprint density at radius 3 is 2.57 bits per heavy atom. The van der Waals surface area contributed by atoms with Gasteiger partial charge < -0.3 is 29.9 Å². The first kappa shape index (κ1) is 22.0. The lowest BCUT2D eigenvalue weighted by atomic mass is 10.00. The average molecular weight is 418 g/mol. The minimum atomic E-state index is -0.351. The summed E-state index contributed by atoms with van der Waals surface area (Å²) in [6.07, 6.45) is 0.641. The number of nitrogens with one attached hydrogen (secondary N) is 3. The van der Waals surface area contributed by atoms with Crippen LogP contribution in [0.2, 0.25) is 0 Å². The molecule has 1 saturated heterocycles. The van der Waals surface area contributed by atoms with Crippen molar-refractivity contribution in [2.24, 2.45) is 0 Å². The highest BCUT2D eigenvalue weighted by molar-refractivity contribution is 5.94. The summed E-state index contributed by atoms with van der Waals surface area (Å²) in [5, 5.41) is 5.69. The van der Waals surface area contributed by atoms with E-state index in [0.29, 0.717) is 37.4 Å². The van der Waals surface area contributed by atoms with Crippen molar-refractivity contribution >= 4 is 17.7 Å². The van der Waals surface area contributed by atoms with Gasteiger partial charge in [-0.1, -0.05) is 19.1 Å². The maximum absolute atomic E-state index is 12.6. The summed E-state index contributed by atoms with van der Waals surface area (Å²) in [6, 6.07) is 7.55. The Labute approximate surface area is 178 Å². The average Bonchev–Trinajstić information content (AvgIpc) is 2.74. The van der Waals surface area contributed by atoms with Crippen LogP contribution in [-0.2, 0) is 9.53 Å². The van der Waals surface area contributed by atoms with Crippen LogP contribution in [-0.4, -0.2) is 64.0 Å². The number of hydrogen-bond acceptors (Lipinski definition) is 5. The number of piperazine rings is 1. The van der Waals surface area contributed by atoms with Gasteiger partial charge in [0, 0.05) is 0 Å². The number of quaternary nitrogens is 1. The fourth-order valence-electron chi connectivity index (χ4n) is 4.09. The van der Waals surface area contributed by atoms with E-state index in [1.54, 1.807) is 6.92 Å². The summed E-state index contributed by atoms with van der Waals surface area (Å²) in [6.45, 7) is 10.8. The largest absolute Gasteiger partial charge is 0.492 e. The first-order valence-corrected chi connectivity index (χ1v) is 10.8. The van der Waals surface area contributed by atoms with Gasteiger partial charge in [0.2, 0.25) is 0 Å². The van der Waals surface area contributed by atoms with Crippen LogP contribution in [0.1, 0.15) is 27.2 Å². The van der Waals surface area contributed by atoms with Gasteiger partial charge in [0.15, 0.2) is 0 Å². The van der Waals surface area contributed by atoms with Crippen molar-refractivity contribution in [3.8, 4) is 5.75 Å². The highest BCUT2D eigenvalue weighted by atomic mass is 16.5. The van der Waals surface area contributed by atoms with E-state index in [1.807, 2.05) is 32.0 Å². The molecule has 1 aromatic carbocycles. The monoisotopic (exact) mass is 417 g/mol. The summed E-state index contributed by atoms with van der Waals surface area (Å²) in [5.74, 6) is 0.558. The minimum Gasteiger partial charge on any atom is -0.492 e. The number of para-hydroxylation sites is 2. The molecular formula is C22H33N4O4+. The molecule has 30 heavy (non-hydrogen) atoms. The van der Waals surface area contributed by atoms with E-state index in [0.717, 1.165) is 37.6 Å². The molecule has 0 radical (unpaired) electrons. The Balaban J connectivity index is 1.70. The Hall–Kier alpha value is -2.74. The number of carbonyl (C=O) groups excluding carboxylic acids is 2. The fourth-order valence-corrected chi connectivity index (χ4v) is 4.09. The second-order valence-electron chi connectivity index (χ2n) is 7.49. The van der Waals surface area contributed by atoms with Crippen LogP contribution in [0.15, 0.2) is 35.5 Å². The maximum atomic E-state index is 12.6. The van der Waals surface area contributed by atoms with E-state index in [9.17, 15) is 9.59 Å². The summed E-state index contributed by atoms with van der Waals surface area (Å²) < 4.78 is 11.0. The van der Waals surface area contributed by atoms with Gasteiger partial charge in [0.25, 0.3) is 0 Å². The highest BCUT2D eigenvalue weighted by Crippen LogP contribution is 2.27. The smallest absolute Gasteiger partial charge is 0.338 e. The van der Waals surface area contributed by atoms with E-state index in [4.69, 9.17) is 9.47 Å². The third-order valence-electron chi connectivity index (χ3n) is 5.55. The van der Waals surface area contributed by atoms with Crippen LogP contribution in [0.3, 0.4) is 0 Å². The predicted octanol–water partition coefficient (Wildman–Crippen LogP) is 0.699. The molecule has 1 fully saturated rings. The zero-order chi connectivity index (χ0) is 21.5. The first-order chi connectivity index (χ1) is 14.6. The summed E-state index contributed by atoms with van der Waals surface area (Å²) in [7, 11) is 0. The van der Waals surface area contributed by atoms with Gasteiger partial charge in [-0.25, -0.2) is 9.59 Å². The molecule has 0 bridgehead atoms. The van der Waals surface area contributed by atoms with E-state index >= 15 is 0 Å². The lowest BCUT2D eigenvalue weighted by molar-refractivity contribution is -0.896. The van der Waals surface area contributed by atoms with Crippen LogP contribution in [0.25, 0.3) is 0 Å². The number of carbonyl (C=O) groups is 2. The van der Waals surface area contributed by atoms with E-state index in [-0.39, 0.29) is 18.0 Å².